The Morgan fingerprint density at radius 2 is 2.13 bits per heavy atom. The zero-order chi connectivity index (χ0) is 11.4. The second-order valence-electron chi connectivity index (χ2n) is 3.93. The molecule has 1 aromatic rings. The van der Waals surface area contributed by atoms with Crippen LogP contribution in [-0.2, 0) is 0 Å². The van der Waals surface area contributed by atoms with Crippen molar-refractivity contribution >= 4 is 5.69 Å². The third-order valence-corrected chi connectivity index (χ3v) is 1.88. The van der Waals surface area contributed by atoms with Crippen LogP contribution in [0, 0.1) is 23.0 Å². The first-order valence-electron chi connectivity index (χ1n) is 4.88. The highest BCUT2D eigenvalue weighted by atomic mass is 16.6. The minimum absolute atomic E-state index is 0.0376. The van der Waals surface area contributed by atoms with E-state index in [-0.39, 0.29) is 5.69 Å². The Kier molecular flexibility index (Phi) is 3.66. The largest absolute Gasteiger partial charge is 0.487 e. The first-order chi connectivity index (χ1) is 7.00. The van der Waals surface area contributed by atoms with Gasteiger partial charge in [-0.15, -0.1) is 0 Å². The Labute approximate surface area is 89.0 Å². The summed E-state index contributed by atoms with van der Waals surface area (Å²) in [6.45, 7) is 6.31. The summed E-state index contributed by atoms with van der Waals surface area (Å²) in [5.74, 6) is 0.699. The summed E-state index contributed by atoms with van der Waals surface area (Å²) >= 11 is 0. The molecule has 15 heavy (non-hydrogen) atoms. The Hall–Kier alpha value is -1.58. The summed E-state index contributed by atoms with van der Waals surface area (Å²) in [7, 11) is 0. The summed E-state index contributed by atoms with van der Waals surface area (Å²) in [6.07, 6.45) is 0. The van der Waals surface area contributed by atoms with Crippen LogP contribution in [0.5, 0.6) is 5.75 Å². The zero-order valence-electron chi connectivity index (χ0n) is 9.19. The number of nitro benzene ring substituents is 1. The lowest BCUT2D eigenvalue weighted by Crippen LogP contribution is -2.06. The van der Waals surface area contributed by atoms with Gasteiger partial charge in [0, 0.05) is 6.07 Å². The lowest BCUT2D eigenvalue weighted by atomic mass is 10.2. The highest BCUT2D eigenvalue weighted by Crippen LogP contribution is 2.27. The van der Waals surface area contributed by atoms with Crippen LogP contribution in [0.4, 0.5) is 5.69 Å². The Balaban J connectivity index is 2.91. The molecule has 4 nitrogen and oxygen atoms in total. The highest BCUT2D eigenvalue weighted by Gasteiger charge is 2.15. The Bertz CT molecular complexity index is 361. The van der Waals surface area contributed by atoms with Crippen LogP contribution in [0.3, 0.4) is 0 Å². The normalized spacial score (nSPS) is 10.4. The lowest BCUT2D eigenvalue weighted by Gasteiger charge is -2.09. The molecule has 1 rings (SSSR count). The van der Waals surface area contributed by atoms with Crippen molar-refractivity contribution in [1.29, 1.82) is 0 Å². The predicted molar refractivity (Wildman–Crippen MR) is 58.2 cm³/mol. The van der Waals surface area contributed by atoms with Gasteiger partial charge in [0.2, 0.25) is 0 Å². The smallest absolute Gasteiger partial charge is 0.311 e. The molecule has 0 amide bonds. The molecular weight excluding hydrogens is 194 g/mol. The highest BCUT2D eigenvalue weighted by molar-refractivity contribution is 5.48. The standard InChI is InChI=1S/C11H15NO3/c1-8(2)7-15-11-5-4-9(3)6-10(11)12(13)14/h4-6,8H,7H2,1-3H3. The van der Waals surface area contributed by atoms with Crippen molar-refractivity contribution in [3.05, 3.63) is 33.9 Å². The molecule has 0 aliphatic heterocycles. The maximum Gasteiger partial charge on any atom is 0.311 e. The van der Waals surface area contributed by atoms with Gasteiger partial charge in [-0.05, 0) is 24.5 Å². The molecule has 0 bridgehead atoms. The molecule has 0 atom stereocenters. The van der Waals surface area contributed by atoms with E-state index in [1.807, 2.05) is 26.8 Å². The zero-order valence-corrected chi connectivity index (χ0v) is 9.19. The number of nitro groups is 1. The molecule has 0 N–H and O–H groups in total. The number of nitrogens with zero attached hydrogens (tertiary/aromatic N) is 1. The molecule has 0 saturated carbocycles. The number of benzene rings is 1. The van der Waals surface area contributed by atoms with E-state index in [0.717, 1.165) is 5.56 Å². The number of ether oxygens (including phenoxy) is 1. The molecule has 1 aromatic carbocycles. The van der Waals surface area contributed by atoms with Crippen LogP contribution >= 0.6 is 0 Å². The maximum atomic E-state index is 10.7. The van der Waals surface area contributed by atoms with Gasteiger partial charge in [-0.2, -0.15) is 0 Å². The third-order valence-electron chi connectivity index (χ3n) is 1.88. The van der Waals surface area contributed by atoms with Crippen LogP contribution in [0.15, 0.2) is 18.2 Å². The van der Waals surface area contributed by atoms with Gasteiger partial charge in [0.05, 0.1) is 11.5 Å². The van der Waals surface area contributed by atoms with Crippen LogP contribution in [0.25, 0.3) is 0 Å². The molecule has 0 unspecified atom stereocenters. The average molecular weight is 209 g/mol. The molecule has 0 spiro atoms. The van der Waals surface area contributed by atoms with Crippen molar-refractivity contribution in [3.63, 3.8) is 0 Å². The van der Waals surface area contributed by atoms with Crippen molar-refractivity contribution < 1.29 is 9.66 Å². The molecule has 0 aliphatic rings. The first kappa shape index (κ1) is 11.5. The van der Waals surface area contributed by atoms with Crippen molar-refractivity contribution in [2.75, 3.05) is 6.61 Å². The Morgan fingerprint density at radius 3 is 2.67 bits per heavy atom. The average Bonchev–Trinajstić information content (AvgIpc) is 2.15. The molecule has 4 heteroatoms. The number of aryl methyl sites for hydroxylation is 1. The van der Waals surface area contributed by atoms with E-state index < -0.39 is 4.92 Å². The first-order valence-corrected chi connectivity index (χ1v) is 4.88. The number of hydrogen-bond donors (Lipinski definition) is 0. The van der Waals surface area contributed by atoms with Crippen molar-refractivity contribution in [1.82, 2.24) is 0 Å². The lowest BCUT2D eigenvalue weighted by molar-refractivity contribution is -0.385. The van der Waals surface area contributed by atoms with E-state index >= 15 is 0 Å². The van der Waals surface area contributed by atoms with Crippen LogP contribution < -0.4 is 4.74 Å². The summed E-state index contributed by atoms with van der Waals surface area (Å²) < 4.78 is 5.37. The molecule has 0 radical (unpaired) electrons. The fourth-order valence-corrected chi connectivity index (χ4v) is 1.15. The summed E-state index contributed by atoms with van der Waals surface area (Å²) in [5, 5.41) is 10.7. The predicted octanol–water partition coefficient (Wildman–Crippen LogP) is 2.94. The molecule has 0 saturated heterocycles. The maximum absolute atomic E-state index is 10.7. The van der Waals surface area contributed by atoms with E-state index in [1.165, 1.54) is 6.07 Å². The van der Waals surface area contributed by atoms with Crippen molar-refractivity contribution in [2.45, 2.75) is 20.8 Å². The summed E-state index contributed by atoms with van der Waals surface area (Å²) in [4.78, 5) is 10.3. The van der Waals surface area contributed by atoms with E-state index in [1.54, 1.807) is 6.07 Å². The topological polar surface area (TPSA) is 52.4 Å². The van der Waals surface area contributed by atoms with Gasteiger partial charge < -0.3 is 4.74 Å². The van der Waals surface area contributed by atoms with Crippen LogP contribution in [0.1, 0.15) is 19.4 Å². The summed E-state index contributed by atoms with van der Waals surface area (Å²) in [5.41, 5.74) is 0.897. The quantitative estimate of drug-likeness (QED) is 0.566. The van der Waals surface area contributed by atoms with Gasteiger partial charge in [-0.1, -0.05) is 19.9 Å². The third kappa shape index (κ3) is 3.23. The molecule has 82 valence electrons. The van der Waals surface area contributed by atoms with E-state index in [0.29, 0.717) is 18.3 Å². The SMILES string of the molecule is Cc1ccc(OCC(C)C)c([N+](=O)[O-])c1. The molecular formula is C11H15NO3. The van der Waals surface area contributed by atoms with Crippen molar-refractivity contribution in [3.8, 4) is 5.75 Å². The molecule has 0 fully saturated rings. The minimum Gasteiger partial charge on any atom is -0.487 e. The molecule has 0 aliphatic carbocycles. The van der Waals surface area contributed by atoms with Gasteiger partial charge in [-0.3, -0.25) is 10.1 Å². The van der Waals surface area contributed by atoms with Gasteiger partial charge in [0.1, 0.15) is 0 Å². The second-order valence-corrected chi connectivity index (χ2v) is 3.93. The van der Waals surface area contributed by atoms with Gasteiger partial charge in [0.25, 0.3) is 0 Å². The fraction of sp³-hybridized carbons (Fsp3) is 0.455. The van der Waals surface area contributed by atoms with E-state index in [9.17, 15) is 10.1 Å². The second kappa shape index (κ2) is 4.77. The molecule has 0 aromatic heterocycles. The van der Waals surface area contributed by atoms with E-state index in [4.69, 9.17) is 4.74 Å². The van der Waals surface area contributed by atoms with Gasteiger partial charge in [0.15, 0.2) is 5.75 Å². The Morgan fingerprint density at radius 1 is 1.47 bits per heavy atom. The van der Waals surface area contributed by atoms with Crippen LogP contribution in [0.2, 0.25) is 0 Å². The minimum atomic E-state index is -0.414. The number of rotatable bonds is 4. The molecule has 0 heterocycles. The fourth-order valence-electron chi connectivity index (χ4n) is 1.15. The van der Waals surface area contributed by atoms with Crippen LogP contribution in [-0.4, -0.2) is 11.5 Å². The van der Waals surface area contributed by atoms with Gasteiger partial charge in [-0.25, -0.2) is 0 Å². The van der Waals surface area contributed by atoms with Gasteiger partial charge >= 0.3 is 5.69 Å². The summed E-state index contributed by atoms with van der Waals surface area (Å²) in [6, 6.07) is 4.98. The van der Waals surface area contributed by atoms with E-state index in [2.05, 4.69) is 0 Å². The monoisotopic (exact) mass is 209 g/mol. The van der Waals surface area contributed by atoms with Crippen molar-refractivity contribution in [2.24, 2.45) is 5.92 Å². The number of hydrogen-bond acceptors (Lipinski definition) is 3.